The van der Waals surface area contributed by atoms with Crippen molar-refractivity contribution in [3.63, 3.8) is 0 Å². The summed E-state index contributed by atoms with van der Waals surface area (Å²) < 4.78 is 28.6. The zero-order chi connectivity index (χ0) is 20.0. The second-order valence-corrected chi connectivity index (χ2v) is 9.06. The second-order valence-electron chi connectivity index (χ2n) is 5.45. The maximum atomic E-state index is 12.1. The normalized spacial score (nSPS) is 11.2. The maximum Gasteiger partial charge on any atom is 0.311 e. The Labute approximate surface area is 165 Å². The molecule has 0 bridgehead atoms. The van der Waals surface area contributed by atoms with Crippen molar-refractivity contribution in [1.82, 2.24) is 4.98 Å². The van der Waals surface area contributed by atoms with Gasteiger partial charge in [-0.05, 0) is 31.5 Å². The molecule has 0 atom stereocenters. The summed E-state index contributed by atoms with van der Waals surface area (Å²) in [5.74, 6) is -0.571. The number of hydrogen-bond acceptors (Lipinski definition) is 8. The van der Waals surface area contributed by atoms with E-state index in [2.05, 4.69) is 10.3 Å². The molecule has 2 rings (SSSR count). The molecular formula is C16H19N3O5S3. The average Bonchev–Trinajstić information content (AvgIpc) is 3.01. The number of rotatable bonds is 8. The summed E-state index contributed by atoms with van der Waals surface area (Å²) in [5, 5.41) is 9.54. The highest BCUT2D eigenvalue weighted by molar-refractivity contribution is 8.01. The number of aryl methyl sites for hydroxylation is 1. The zero-order valence-electron chi connectivity index (χ0n) is 14.7. The minimum absolute atomic E-state index is 0.0310. The number of sulfonamides is 1. The predicted molar refractivity (Wildman–Crippen MR) is 104 cm³/mol. The molecule has 11 heteroatoms. The van der Waals surface area contributed by atoms with Crippen LogP contribution in [0.2, 0.25) is 0 Å². The van der Waals surface area contributed by atoms with Gasteiger partial charge in [-0.25, -0.2) is 18.5 Å². The fourth-order valence-corrected chi connectivity index (χ4v) is 4.56. The van der Waals surface area contributed by atoms with Crippen LogP contribution in [0.3, 0.4) is 0 Å². The van der Waals surface area contributed by atoms with Gasteiger partial charge in [-0.15, -0.1) is 11.3 Å². The Morgan fingerprint density at radius 1 is 1.37 bits per heavy atom. The van der Waals surface area contributed by atoms with Crippen molar-refractivity contribution in [2.24, 2.45) is 5.14 Å². The molecule has 0 aliphatic rings. The first-order chi connectivity index (χ1) is 12.7. The third-order valence-corrected chi connectivity index (χ3v) is 6.39. The van der Waals surface area contributed by atoms with Crippen LogP contribution in [0.5, 0.6) is 0 Å². The van der Waals surface area contributed by atoms with Crippen molar-refractivity contribution in [1.29, 1.82) is 0 Å². The summed E-state index contributed by atoms with van der Waals surface area (Å²) in [7, 11) is -3.86. The highest BCUT2D eigenvalue weighted by Crippen LogP contribution is 2.24. The topological polar surface area (TPSA) is 128 Å². The molecule has 0 spiro atoms. The Balaban J connectivity index is 1.92. The molecule has 146 valence electrons. The van der Waals surface area contributed by atoms with Gasteiger partial charge >= 0.3 is 5.97 Å². The van der Waals surface area contributed by atoms with Crippen molar-refractivity contribution >= 4 is 50.7 Å². The first kappa shape index (κ1) is 21.4. The number of anilines is 1. The molecule has 3 N–H and O–H groups in total. The number of benzene rings is 1. The lowest BCUT2D eigenvalue weighted by atomic mass is 10.2. The standard InChI is InChI=1S/C16H19N3O5S3/c1-3-24-15(21)7-12-8-25-16(19-12)26-9-14(20)18-11-5-4-10(2)13(6-11)27(17,22)23/h4-6,8H,3,7,9H2,1-2H3,(H,18,20)(H2,17,22,23). The van der Waals surface area contributed by atoms with Gasteiger partial charge in [-0.3, -0.25) is 9.59 Å². The fraction of sp³-hybridized carbons (Fsp3) is 0.312. The molecule has 1 heterocycles. The van der Waals surface area contributed by atoms with Gasteiger partial charge < -0.3 is 10.1 Å². The van der Waals surface area contributed by atoms with Gasteiger partial charge in [-0.2, -0.15) is 0 Å². The van der Waals surface area contributed by atoms with E-state index in [9.17, 15) is 18.0 Å². The Morgan fingerprint density at radius 3 is 2.78 bits per heavy atom. The number of thioether (sulfide) groups is 1. The van der Waals surface area contributed by atoms with Crippen LogP contribution in [0.1, 0.15) is 18.2 Å². The van der Waals surface area contributed by atoms with Crippen LogP contribution in [-0.4, -0.2) is 37.6 Å². The number of primary sulfonamides is 1. The Hall–Kier alpha value is -1.95. The summed E-state index contributed by atoms with van der Waals surface area (Å²) in [4.78, 5) is 27.8. The molecule has 2 aromatic rings. The molecule has 0 aliphatic carbocycles. The lowest BCUT2D eigenvalue weighted by Gasteiger charge is -2.08. The van der Waals surface area contributed by atoms with E-state index in [0.29, 0.717) is 27.9 Å². The summed E-state index contributed by atoms with van der Waals surface area (Å²) in [5.41, 5.74) is 1.44. The molecule has 1 amide bonds. The van der Waals surface area contributed by atoms with Gasteiger partial charge in [0.2, 0.25) is 15.9 Å². The Kier molecular flexibility index (Phi) is 7.36. The van der Waals surface area contributed by atoms with Crippen molar-refractivity contribution < 1.29 is 22.7 Å². The van der Waals surface area contributed by atoms with Gasteiger partial charge in [0.15, 0.2) is 4.34 Å². The van der Waals surface area contributed by atoms with Gasteiger partial charge in [0.1, 0.15) is 0 Å². The van der Waals surface area contributed by atoms with E-state index in [1.165, 1.54) is 29.2 Å². The maximum absolute atomic E-state index is 12.1. The number of amides is 1. The molecule has 27 heavy (non-hydrogen) atoms. The second kappa shape index (κ2) is 9.31. The summed E-state index contributed by atoms with van der Waals surface area (Å²) in [6, 6.07) is 4.51. The van der Waals surface area contributed by atoms with Gasteiger partial charge in [-0.1, -0.05) is 17.8 Å². The van der Waals surface area contributed by atoms with Crippen molar-refractivity contribution in [3.05, 3.63) is 34.8 Å². The number of esters is 1. The van der Waals surface area contributed by atoms with E-state index >= 15 is 0 Å². The van der Waals surface area contributed by atoms with Crippen LogP contribution >= 0.6 is 23.1 Å². The lowest BCUT2D eigenvalue weighted by molar-refractivity contribution is -0.142. The fourth-order valence-electron chi connectivity index (χ4n) is 2.10. The number of carbonyl (C=O) groups excluding carboxylic acids is 2. The van der Waals surface area contributed by atoms with Crippen LogP contribution in [0.15, 0.2) is 32.8 Å². The number of thiazole rings is 1. The van der Waals surface area contributed by atoms with Crippen molar-refractivity contribution in [3.8, 4) is 0 Å². The molecule has 0 unspecified atom stereocenters. The molecule has 1 aromatic heterocycles. The van der Waals surface area contributed by atoms with E-state index in [0.717, 1.165) is 0 Å². The van der Waals surface area contributed by atoms with Crippen molar-refractivity contribution in [2.45, 2.75) is 29.5 Å². The minimum atomic E-state index is -3.86. The average molecular weight is 430 g/mol. The van der Waals surface area contributed by atoms with Crippen LogP contribution in [0.25, 0.3) is 0 Å². The molecule has 0 aliphatic heterocycles. The predicted octanol–water partition coefficient (Wildman–Crippen LogP) is 1.94. The van der Waals surface area contributed by atoms with Gasteiger partial charge in [0.25, 0.3) is 0 Å². The van der Waals surface area contributed by atoms with Crippen LogP contribution < -0.4 is 10.5 Å². The Bertz CT molecular complexity index is 941. The minimum Gasteiger partial charge on any atom is -0.466 e. The highest BCUT2D eigenvalue weighted by atomic mass is 32.2. The molecular weight excluding hydrogens is 410 g/mol. The number of nitrogens with zero attached hydrogens (tertiary/aromatic N) is 1. The highest BCUT2D eigenvalue weighted by Gasteiger charge is 2.14. The SMILES string of the molecule is CCOC(=O)Cc1csc(SCC(=O)Nc2ccc(C)c(S(N)(=O)=O)c2)n1. The van der Waals surface area contributed by atoms with Crippen LogP contribution in [0.4, 0.5) is 5.69 Å². The smallest absolute Gasteiger partial charge is 0.311 e. The number of hydrogen-bond donors (Lipinski definition) is 2. The number of ether oxygens (including phenoxy) is 1. The number of aromatic nitrogens is 1. The van der Waals surface area contributed by atoms with E-state index < -0.39 is 10.0 Å². The first-order valence-electron chi connectivity index (χ1n) is 7.85. The molecule has 8 nitrogen and oxygen atoms in total. The van der Waals surface area contributed by atoms with E-state index in [1.807, 2.05) is 0 Å². The van der Waals surface area contributed by atoms with Crippen LogP contribution in [0, 0.1) is 6.92 Å². The lowest BCUT2D eigenvalue weighted by Crippen LogP contribution is -2.17. The summed E-state index contributed by atoms with van der Waals surface area (Å²) in [6.45, 7) is 3.67. The molecule has 0 fully saturated rings. The third kappa shape index (κ3) is 6.61. The largest absolute Gasteiger partial charge is 0.466 e. The number of nitrogens with two attached hydrogens (primary N) is 1. The molecule has 0 saturated heterocycles. The van der Waals surface area contributed by atoms with E-state index in [4.69, 9.17) is 9.88 Å². The number of carbonyl (C=O) groups is 2. The third-order valence-electron chi connectivity index (χ3n) is 3.27. The zero-order valence-corrected chi connectivity index (χ0v) is 17.2. The molecule has 1 aromatic carbocycles. The first-order valence-corrected chi connectivity index (χ1v) is 11.3. The Morgan fingerprint density at radius 2 is 2.11 bits per heavy atom. The van der Waals surface area contributed by atoms with E-state index in [-0.39, 0.29) is 28.9 Å². The van der Waals surface area contributed by atoms with Crippen molar-refractivity contribution in [2.75, 3.05) is 17.7 Å². The summed E-state index contributed by atoms with van der Waals surface area (Å²) in [6.07, 6.45) is 0.0940. The monoisotopic (exact) mass is 429 g/mol. The van der Waals surface area contributed by atoms with Crippen LogP contribution in [-0.2, 0) is 30.8 Å². The molecule has 0 saturated carbocycles. The molecule has 0 radical (unpaired) electrons. The van der Waals surface area contributed by atoms with E-state index in [1.54, 1.807) is 31.4 Å². The number of nitrogens with one attached hydrogen (secondary N) is 1. The van der Waals surface area contributed by atoms with Gasteiger partial charge in [0, 0.05) is 11.1 Å². The summed E-state index contributed by atoms with van der Waals surface area (Å²) >= 11 is 2.56. The quantitative estimate of drug-likeness (QED) is 0.484. The van der Waals surface area contributed by atoms with Gasteiger partial charge in [0.05, 0.1) is 29.4 Å².